The number of likely N-dealkylation sites (tertiary alicyclic amines) is 1. The number of carbonyl (C=O) groups excluding carboxylic acids is 2. The number of nitrogens with zero attached hydrogens (tertiary/aromatic N) is 1. The molecule has 2 heterocycles. The van der Waals surface area contributed by atoms with Crippen LogP contribution < -0.4 is 0 Å². The molecule has 1 aromatic rings. The zero-order valence-electron chi connectivity index (χ0n) is 10.8. The fourth-order valence-electron chi connectivity index (χ4n) is 2.00. The highest BCUT2D eigenvalue weighted by Gasteiger charge is 2.42. The van der Waals surface area contributed by atoms with Crippen molar-refractivity contribution in [2.45, 2.75) is 20.4 Å². The molecule has 1 N–H and O–H groups in total. The minimum Gasteiger partial charge on any atom is -0.384 e. The van der Waals surface area contributed by atoms with Crippen LogP contribution in [-0.4, -0.2) is 28.4 Å². The second-order valence-corrected chi connectivity index (χ2v) is 5.73. The molecule has 5 heteroatoms. The Morgan fingerprint density at radius 3 is 2.47 bits per heavy atom. The van der Waals surface area contributed by atoms with Crippen LogP contribution in [0.25, 0.3) is 0 Å². The molecule has 19 heavy (non-hydrogen) atoms. The number of amides is 2. The largest absolute Gasteiger partial charge is 0.384 e. The SMILES string of the molecule is CC1C(=O)N(Cc2ccc(C#CCO)s2)C(=O)C1C. The van der Waals surface area contributed by atoms with Crippen molar-refractivity contribution in [1.29, 1.82) is 0 Å². The molecule has 0 aromatic carbocycles. The van der Waals surface area contributed by atoms with Gasteiger partial charge in [0.15, 0.2) is 0 Å². The topological polar surface area (TPSA) is 57.6 Å². The zero-order chi connectivity index (χ0) is 14.0. The van der Waals surface area contributed by atoms with Crippen molar-refractivity contribution in [2.24, 2.45) is 11.8 Å². The first-order valence-corrected chi connectivity index (χ1v) is 6.90. The first kappa shape index (κ1) is 13.8. The number of thiophene rings is 1. The van der Waals surface area contributed by atoms with E-state index < -0.39 is 0 Å². The minimum absolute atomic E-state index is 0.103. The summed E-state index contributed by atoms with van der Waals surface area (Å²) in [7, 11) is 0. The lowest BCUT2D eigenvalue weighted by atomic mass is 10.00. The number of carbonyl (C=O) groups is 2. The molecule has 2 rings (SSSR count). The number of hydrogen-bond acceptors (Lipinski definition) is 4. The molecule has 1 aliphatic rings. The van der Waals surface area contributed by atoms with Gasteiger partial charge in [0, 0.05) is 16.7 Å². The number of rotatable bonds is 2. The van der Waals surface area contributed by atoms with Crippen LogP contribution in [0.5, 0.6) is 0 Å². The van der Waals surface area contributed by atoms with Crippen molar-refractivity contribution >= 4 is 23.2 Å². The molecule has 1 aliphatic heterocycles. The van der Waals surface area contributed by atoms with E-state index in [2.05, 4.69) is 11.8 Å². The van der Waals surface area contributed by atoms with Crippen molar-refractivity contribution in [1.82, 2.24) is 4.90 Å². The second kappa shape index (κ2) is 5.55. The summed E-state index contributed by atoms with van der Waals surface area (Å²) in [5.74, 6) is 4.71. The molecule has 2 amide bonds. The van der Waals surface area contributed by atoms with Gasteiger partial charge in [0.2, 0.25) is 11.8 Å². The molecule has 4 nitrogen and oxygen atoms in total. The summed E-state index contributed by atoms with van der Waals surface area (Å²) in [6, 6.07) is 3.70. The van der Waals surface area contributed by atoms with Crippen molar-refractivity contribution < 1.29 is 14.7 Å². The van der Waals surface area contributed by atoms with Crippen molar-refractivity contribution in [3.05, 3.63) is 21.9 Å². The lowest BCUT2D eigenvalue weighted by molar-refractivity contribution is -0.140. The van der Waals surface area contributed by atoms with Crippen LogP contribution in [0.4, 0.5) is 0 Å². The lowest BCUT2D eigenvalue weighted by Gasteiger charge is -2.12. The van der Waals surface area contributed by atoms with E-state index in [-0.39, 0.29) is 30.3 Å². The number of aliphatic hydroxyl groups is 1. The van der Waals surface area contributed by atoms with Gasteiger partial charge in [-0.05, 0) is 12.1 Å². The maximum atomic E-state index is 12.0. The van der Waals surface area contributed by atoms with Crippen molar-refractivity contribution in [3.8, 4) is 11.8 Å². The average Bonchev–Trinajstić information content (AvgIpc) is 2.92. The Balaban J connectivity index is 2.11. The van der Waals surface area contributed by atoms with E-state index in [0.29, 0.717) is 6.54 Å². The van der Waals surface area contributed by atoms with Gasteiger partial charge in [0.1, 0.15) is 6.61 Å². The van der Waals surface area contributed by atoms with Crippen LogP contribution in [0.2, 0.25) is 0 Å². The molecule has 0 radical (unpaired) electrons. The maximum Gasteiger partial charge on any atom is 0.233 e. The van der Waals surface area contributed by atoms with Crippen LogP contribution in [0.1, 0.15) is 23.6 Å². The van der Waals surface area contributed by atoms with Gasteiger partial charge in [-0.1, -0.05) is 25.7 Å². The standard InChI is InChI=1S/C14H15NO3S/c1-9-10(2)14(18)15(13(9)17)8-12-6-5-11(19-12)4-3-7-16/h5-6,9-10,16H,7-8H2,1-2H3. The molecule has 2 unspecified atom stereocenters. The van der Waals surface area contributed by atoms with Gasteiger partial charge in [-0.15, -0.1) is 11.3 Å². The maximum absolute atomic E-state index is 12.0. The molecule has 1 aromatic heterocycles. The molecule has 0 saturated carbocycles. The van der Waals surface area contributed by atoms with Gasteiger partial charge in [0.25, 0.3) is 0 Å². The van der Waals surface area contributed by atoms with Gasteiger partial charge < -0.3 is 5.11 Å². The molecular weight excluding hydrogens is 262 g/mol. The third-order valence-electron chi connectivity index (χ3n) is 3.33. The van der Waals surface area contributed by atoms with Crippen LogP contribution in [0.15, 0.2) is 12.1 Å². The number of aliphatic hydroxyl groups excluding tert-OH is 1. The van der Waals surface area contributed by atoms with Crippen LogP contribution >= 0.6 is 11.3 Å². The smallest absolute Gasteiger partial charge is 0.233 e. The van der Waals surface area contributed by atoms with E-state index in [9.17, 15) is 9.59 Å². The Labute approximate surface area is 116 Å². The van der Waals surface area contributed by atoms with Gasteiger partial charge in [0.05, 0.1) is 11.4 Å². The van der Waals surface area contributed by atoms with E-state index in [4.69, 9.17) is 5.11 Å². The number of imide groups is 1. The number of hydrogen-bond donors (Lipinski definition) is 1. The van der Waals surface area contributed by atoms with Crippen molar-refractivity contribution in [2.75, 3.05) is 6.61 Å². The molecule has 1 fully saturated rings. The first-order valence-electron chi connectivity index (χ1n) is 6.08. The van der Waals surface area contributed by atoms with Gasteiger partial charge >= 0.3 is 0 Å². The molecule has 2 atom stereocenters. The Bertz CT molecular complexity index is 547. The fraction of sp³-hybridized carbons (Fsp3) is 0.429. The van der Waals surface area contributed by atoms with E-state index >= 15 is 0 Å². The Morgan fingerprint density at radius 1 is 1.26 bits per heavy atom. The van der Waals surface area contributed by atoms with Gasteiger partial charge in [-0.25, -0.2) is 0 Å². The average molecular weight is 277 g/mol. The highest BCUT2D eigenvalue weighted by atomic mass is 32.1. The molecule has 0 bridgehead atoms. The molecular formula is C14H15NO3S. The van der Waals surface area contributed by atoms with E-state index in [0.717, 1.165) is 9.75 Å². The van der Waals surface area contributed by atoms with Gasteiger partial charge in [-0.3, -0.25) is 14.5 Å². The fourth-order valence-corrected chi connectivity index (χ4v) is 2.87. The van der Waals surface area contributed by atoms with Crippen LogP contribution in [-0.2, 0) is 16.1 Å². The van der Waals surface area contributed by atoms with E-state index in [1.165, 1.54) is 16.2 Å². The summed E-state index contributed by atoms with van der Waals surface area (Å²) in [4.78, 5) is 27.0. The minimum atomic E-state index is -0.235. The first-order chi connectivity index (χ1) is 9.04. The molecule has 100 valence electrons. The van der Waals surface area contributed by atoms with E-state index in [1.807, 2.05) is 12.1 Å². The Hall–Kier alpha value is -1.64. The van der Waals surface area contributed by atoms with E-state index in [1.54, 1.807) is 13.8 Å². The van der Waals surface area contributed by atoms with Crippen LogP contribution in [0, 0.1) is 23.7 Å². The summed E-state index contributed by atoms with van der Waals surface area (Å²) in [6.45, 7) is 3.72. The lowest BCUT2D eigenvalue weighted by Crippen LogP contribution is -2.29. The van der Waals surface area contributed by atoms with Gasteiger partial charge in [-0.2, -0.15) is 0 Å². The van der Waals surface area contributed by atoms with Crippen LogP contribution in [0.3, 0.4) is 0 Å². The van der Waals surface area contributed by atoms with Crippen molar-refractivity contribution in [3.63, 3.8) is 0 Å². The third-order valence-corrected chi connectivity index (χ3v) is 4.31. The summed E-state index contributed by atoms with van der Waals surface area (Å²) < 4.78 is 0. The summed E-state index contributed by atoms with van der Waals surface area (Å²) in [5.41, 5.74) is 0. The Morgan fingerprint density at radius 2 is 1.89 bits per heavy atom. The monoisotopic (exact) mass is 277 g/mol. The summed E-state index contributed by atoms with van der Waals surface area (Å²) in [6.07, 6.45) is 0. The third kappa shape index (κ3) is 2.70. The molecule has 0 spiro atoms. The summed E-state index contributed by atoms with van der Waals surface area (Å²) >= 11 is 1.44. The predicted molar refractivity (Wildman–Crippen MR) is 72.2 cm³/mol. The summed E-state index contributed by atoms with van der Waals surface area (Å²) in [5, 5.41) is 8.63. The normalized spacial score (nSPS) is 22.6. The molecule has 0 aliphatic carbocycles. The molecule has 1 saturated heterocycles. The quantitative estimate of drug-likeness (QED) is 0.653. The highest BCUT2D eigenvalue weighted by molar-refractivity contribution is 7.12. The second-order valence-electron chi connectivity index (χ2n) is 4.57. The zero-order valence-corrected chi connectivity index (χ0v) is 11.7. The highest BCUT2D eigenvalue weighted by Crippen LogP contribution is 2.28. The Kier molecular flexibility index (Phi) is 4.03. The predicted octanol–water partition coefficient (Wildman–Crippen LogP) is 1.23.